The van der Waals surface area contributed by atoms with Crippen LogP contribution in [0.1, 0.15) is 56.1 Å². The van der Waals surface area contributed by atoms with Gasteiger partial charge >= 0.3 is 0 Å². The molecule has 8 nitrogen and oxygen atoms in total. The minimum absolute atomic E-state index is 0.0650. The Morgan fingerprint density at radius 2 is 1.91 bits per heavy atom. The van der Waals surface area contributed by atoms with Crippen LogP contribution in [0.2, 0.25) is 0 Å². The van der Waals surface area contributed by atoms with Gasteiger partial charge in [-0.05, 0) is 75.5 Å². The number of hydrogen-bond acceptors (Lipinski definition) is 4. The maximum atomic E-state index is 13.2. The second-order valence-electron chi connectivity index (χ2n) is 9.85. The van der Waals surface area contributed by atoms with Crippen LogP contribution >= 0.6 is 0 Å². The van der Waals surface area contributed by atoms with Crippen molar-refractivity contribution in [2.24, 2.45) is 5.92 Å². The SMILES string of the molecule is Cc1[nH]c(/C=C2\C(=O)Nc3ccc(C(=O)N(C)C)cc32)c(C)c1C(=O)NC1CN2CCC1CC2. The molecule has 3 N–H and O–H groups in total. The Morgan fingerprint density at radius 3 is 2.56 bits per heavy atom. The van der Waals surface area contributed by atoms with Gasteiger partial charge in [-0.2, -0.15) is 0 Å². The highest BCUT2D eigenvalue weighted by Crippen LogP contribution is 2.35. The highest BCUT2D eigenvalue weighted by molar-refractivity contribution is 6.35. The first-order valence-electron chi connectivity index (χ1n) is 11.8. The molecule has 2 bridgehead atoms. The molecule has 4 aliphatic heterocycles. The maximum absolute atomic E-state index is 13.2. The quantitative estimate of drug-likeness (QED) is 0.610. The number of aromatic amines is 1. The van der Waals surface area contributed by atoms with E-state index in [2.05, 4.69) is 20.5 Å². The third kappa shape index (κ3) is 3.81. The molecule has 5 heterocycles. The molecule has 0 saturated carbocycles. The first-order chi connectivity index (χ1) is 16.2. The number of benzene rings is 1. The van der Waals surface area contributed by atoms with Crippen molar-refractivity contribution in [1.82, 2.24) is 20.1 Å². The minimum atomic E-state index is -0.227. The number of nitrogens with one attached hydrogen (secondary N) is 3. The van der Waals surface area contributed by atoms with E-state index in [1.807, 2.05) is 13.8 Å². The van der Waals surface area contributed by atoms with Crippen molar-refractivity contribution >= 4 is 35.1 Å². The fourth-order valence-electron chi connectivity index (χ4n) is 5.50. The third-order valence-corrected chi connectivity index (χ3v) is 7.42. The standard InChI is InChI=1S/C26H31N5O3/c1-14-21(12-19-18-11-17(26(34)30(3)4)5-6-20(18)28-24(19)32)27-15(2)23(14)25(33)29-22-13-31-9-7-16(22)8-10-31/h5-6,11-12,16,22,27H,7-10,13H2,1-4H3,(H,28,32)(H,29,33)/b19-12-. The summed E-state index contributed by atoms with van der Waals surface area (Å²) in [4.78, 5) is 45.6. The number of carbonyl (C=O) groups is 3. The molecule has 0 aliphatic carbocycles. The molecular weight excluding hydrogens is 430 g/mol. The lowest BCUT2D eigenvalue weighted by Gasteiger charge is -2.44. The van der Waals surface area contributed by atoms with Crippen molar-refractivity contribution in [3.63, 3.8) is 0 Å². The fourth-order valence-corrected chi connectivity index (χ4v) is 5.50. The molecule has 178 valence electrons. The second-order valence-corrected chi connectivity index (χ2v) is 9.85. The van der Waals surface area contributed by atoms with Crippen LogP contribution < -0.4 is 10.6 Å². The third-order valence-electron chi connectivity index (χ3n) is 7.42. The van der Waals surface area contributed by atoms with Crippen LogP contribution in [0.5, 0.6) is 0 Å². The normalized spacial score (nSPS) is 24.2. The van der Waals surface area contributed by atoms with Crippen molar-refractivity contribution in [2.45, 2.75) is 32.7 Å². The molecular formula is C26H31N5O3. The summed E-state index contributed by atoms with van der Waals surface area (Å²) in [5.74, 6) is 0.132. The molecule has 6 rings (SSSR count). The van der Waals surface area contributed by atoms with Gasteiger partial charge in [0.25, 0.3) is 17.7 Å². The molecule has 1 unspecified atom stereocenters. The molecule has 1 aromatic heterocycles. The Morgan fingerprint density at radius 1 is 1.18 bits per heavy atom. The summed E-state index contributed by atoms with van der Waals surface area (Å²) in [6.45, 7) is 6.96. The number of piperidine rings is 3. The minimum Gasteiger partial charge on any atom is -0.358 e. The van der Waals surface area contributed by atoms with E-state index in [9.17, 15) is 14.4 Å². The Bertz CT molecular complexity index is 1220. The predicted octanol–water partition coefficient (Wildman–Crippen LogP) is 2.65. The number of anilines is 1. The van der Waals surface area contributed by atoms with Crippen molar-refractivity contribution in [3.05, 3.63) is 51.8 Å². The Hall–Kier alpha value is -3.39. The van der Waals surface area contributed by atoms with E-state index in [1.54, 1.807) is 38.4 Å². The zero-order valence-electron chi connectivity index (χ0n) is 20.1. The van der Waals surface area contributed by atoms with Crippen LogP contribution in [0.3, 0.4) is 0 Å². The van der Waals surface area contributed by atoms with Gasteiger partial charge in [0.15, 0.2) is 0 Å². The molecule has 0 radical (unpaired) electrons. The molecule has 3 amide bonds. The molecule has 3 saturated heterocycles. The van der Waals surface area contributed by atoms with Gasteiger partial charge in [-0.15, -0.1) is 0 Å². The number of rotatable bonds is 4. The van der Waals surface area contributed by atoms with Gasteiger partial charge in [-0.25, -0.2) is 0 Å². The first-order valence-corrected chi connectivity index (χ1v) is 11.8. The van der Waals surface area contributed by atoms with E-state index >= 15 is 0 Å². The maximum Gasteiger partial charge on any atom is 0.256 e. The summed E-state index contributed by atoms with van der Waals surface area (Å²) >= 11 is 0. The van der Waals surface area contributed by atoms with Crippen LogP contribution in [0.4, 0.5) is 5.69 Å². The summed E-state index contributed by atoms with van der Waals surface area (Å²) in [6.07, 6.45) is 4.05. The zero-order valence-corrected chi connectivity index (χ0v) is 20.1. The van der Waals surface area contributed by atoms with Gasteiger partial charge in [0.2, 0.25) is 0 Å². The lowest BCUT2D eigenvalue weighted by Crippen LogP contribution is -2.57. The van der Waals surface area contributed by atoms with Gasteiger partial charge in [0, 0.05) is 54.9 Å². The van der Waals surface area contributed by atoms with Gasteiger partial charge in [-0.1, -0.05) is 0 Å². The predicted molar refractivity (Wildman–Crippen MR) is 132 cm³/mol. The lowest BCUT2D eigenvalue weighted by atomic mass is 9.84. The summed E-state index contributed by atoms with van der Waals surface area (Å²) in [7, 11) is 3.40. The molecule has 2 aromatic rings. The average Bonchev–Trinajstić information content (AvgIpc) is 3.28. The summed E-state index contributed by atoms with van der Waals surface area (Å²) in [6, 6.07) is 5.40. The second kappa shape index (κ2) is 8.43. The van der Waals surface area contributed by atoms with Crippen molar-refractivity contribution in [2.75, 3.05) is 39.0 Å². The van der Waals surface area contributed by atoms with Gasteiger partial charge < -0.3 is 25.4 Å². The Balaban J connectivity index is 1.44. The molecule has 8 heteroatoms. The summed E-state index contributed by atoms with van der Waals surface area (Å²) in [5.41, 5.74) is 5.29. The number of hydrogen-bond donors (Lipinski definition) is 3. The Kier molecular flexibility index (Phi) is 5.56. The molecule has 1 aromatic carbocycles. The number of aryl methyl sites for hydroxylation is 1. The van der Waals surface area contributed by atoms with E-state index in [4.69, 9.17) is 0 Å². The zero-order chi connectivity index (χ0) is 24.1. The van der Waals surface area contributed by atoms with Crippen molar-refractivity contribution in [1.29, 1.82) is 0 Å². The Labute approximate surface area is 199 Å². The number of fused-ring (bicyclic) bond motifs is 4. The first kappa shape index (κ1) is 22.4. The van der Waals surface area contributed by atoms with Crippen LogP contribution in [0, 0.1) is 19.8 Å². The van der Waals surface area contributed by atoms with E-state index < -0.39 is 0 Å². The molecule has 4 aliphatic rings. The highest BCUT2D eigenvalue weighted by Gasteiger charge is 2.35. The lowest BCUT2D eigenvalue weighted by molar-refractivity contribution is -0.110. The number of amides is 3. The highest BCUT2D eigenvalue weighted by atomic mass is 16.2. The fraction of sp³-hybridized carbons (Fsp3) is 0.423. The molecule has 0 spiro atoms. The van der Waals surface area contributed by atoms with E-state index in [0.717, 1.165) is 49.4 Å². The van der Waals surface area contributed by atoms with Gasteiger partial charge in [0.05, 0.1) is 11.1 Å². The van der Waals surface area contributed by atoms with Crippen LogP contribution in [-0.4, -0.2) is 72.3 Å². The van der Waals surface area contributed by atoms with Crippen LogP contribution in [0.25, 0.3) is 11.6 Å². The van der Waals surface area contributed by atoms with Crippen LogP contribution in [-0.2, 0) is 4.79 Å². The molecule has 34 heavy (non-hydrogen) atoms. The monoisotopic (exact) mass is 461 g/mol. The van der Waals surface area contributed by atoms with E-state index in [0.29, 0.717) is 33.9 Å². The van der Waals surface area contributed by atoms with Crippen LogP contribution in [0.15, 0.2) is 18.2 Å². The molecule has 3 fully saturated rings. The van der Waals surface area contributed by atoms with Gasteiger partial charge in [0.1, 0.15) is 0 Å². The molecule has 1 atom stereocenters. The number of H-pyrrole nitrogens is 1. The van der Waals surface area contributed by atoms with Crippen molar-refractivity contribution in [3.8, 4) is 0 Å². The van der Waals surface area contributed by atoms with Gasteiger partial charge in [-0.3, -0.25) is 14.4 Å². The van der Waals surface area contributed by atoms with E-state index in [1.165, 1.54) is 4.90 Å². The number of carbonyl (C=O) groups excluding carboxylic acids is 3. The number of aromatic nitrogens is 1. The van der Waals surface area contributed by atoms with E-state index in [-0.39, 0.29) is 23.8 Å². The average molecular weight is 462 g/mol. The largest absolute Gasteiger partial charge is 0.358 e. The van der Waals surface area contributed by atoms with Crippen molar-refractivity contribution < 1.29 is 14.4 Å². The summed E-state index contributed by atoms with van der Waals surface area (Å²) < 4.78 is 0. The number of nitrogens with zero attached hydrogens (tertiary/aromatic N) is 2. The topological polar surface area (TPSA) is 97.5 Å². The summed E-state index contributed by atoms with van der Waals surface area (Å²) in [5, 5.41) is 6.13. The smallest absolute Gasteiger partial charge is 0.256 e.